The highest BCUT2D eigenvalue weighted by Gasteiger charge is 2.35. The second-order valence-corrected chi connectivity index (χ2v) is 15.4. The number of ether oxygens (including phenoxy) is 5. The molecule has 0 aliphatic rings. The molecule has 308 valence electrons. The van der Waals surface area contributed by atoms with Gasteiger partial charge in [0.25, 0.3) is 0 Å². The minimum Gasteiger partial charge on any atom is -0.457 e. The van der Waals surface area contributed by atoms with E-state index in [1.165, 1.54) is 24.3 Å². The molecular formula is C48H44F6O5. The zero-order chi connectivity index (χ0) is 42.3. The first-order valence-electron chi connectivity index (χ1n) is 18.9. The van der Waals surface area contributed by atoms with Gasteiger partial charge in [0.1, 0.15) is 34.5 Å². The van der Waals surface area contributed by atoms with Crippen molar-refractivity contribution < 1.29 is 50.0 Å². The molecule has 0 aromatic heterocycles. The van der Waals surface area contributed by atoms with Crippen molar-refractivity contribution in [2.24, 2.45) is 0 Å². The SMILES string of the molecule is CC(C)(CC(OC(CC(C)(C)c1ccc(OC(F)(F)F)cc1)c1cccc(Oc2ccccc2)c1)c1cccc(Oc2ccccc2)c1)c1ccc(OC(F)(F)F)cc1. The van der Waals surface area contributed by atoms with Gasteiger partial charge in [-0.1, -0.05) is 113 Å². The van der Waals surface area contributed by atoms with Crippen molar-refractivity contribution in [1.29, 1.82) is 0 Å². The molecule has 0 N–H and O–H groups in total. The Morgan fingerprint density at radius 1 is 0.390 bits per heavy atom. The summed E-state index contributed by atoms with van der Waals surface area (Å²) in [6, 6.07) is 45.4. The standard InChI is InChI=1S/C48H44F6O5/c1-45(2,35-21-25-39(26-22-35)58-47(49,50)51)31-43(33-13-11-19-41(29-33)55-37-15-7-5-8-16-37)57-44(34-14-12-20-42(30-34)56-38-17-9-6-10-18-38)32-46(3,4)36-23-27-40(28-24-36)59-48(52,53)54/h5-30,43-44H,31-32H2,1-4H3. The van der Waals surface area contributed by atoms with Crippen LogP contribution in [-0.4, -0.2) is 12.7 Å². The predicted molar refractivity (Wildman–Crippen MR) is 214 cm³/mol. The van der Waals surface area contributed by atoms with Crippen molar-refractivity contribution in [3.05, 3.63) is 180 Å². The van der Waals surface area contributed by atoms with Crippen LogP contribution in [0.5, 0.6) is 34.5 Å². The van der Waals surface area contributed by atoms with Gasteiger partial charge in [-0.25, -0.2) is 0 Å². The second-order valence-electron chi connectivity index (χ2n) is 15.4. The number of halogens is 6. The molecule has 2 unspecified atom stereocenters. The van der Waals surface area contributed by atoms with Crippen LogP contribution in [0.2, 0.25) is 0 Å². The number of benzene rings is 6. The molecule has 0 fully saturated rings. The van der Waals surface area contributed by atoms with E-state index >= 15 is 0 Å². The minimum absolute atomic E-state index is 0.325. The summed E-state index contributed by atoms with van der Waals surface area (Å²) in [5.74, 6) is 1.78. The Morgan fingerprint density at radius 2 is 0.729 bits per heavy atom. The molecule has 0 saturated carbocycles. The average molecular weight is 815 g/mol. The third kappa shape index (κ3) is 12.5. The van der Waals surface area contributed by atoms with E-state index in [9.17, 15) is 26.3 Å². The van der Waals surface area contributed by atoms with Crippen LogP contribution in [0.15, 0.2) is 158 Å². The highest BCUT2D eigenvalue weighted by molar-refractivity contribution is 5.39. The molecule has 0 spiro atoms. The molecule has 0 bridgehead atoms. The van der Waals surface area contributed by atoms with Crippen LogP contribution in [0.3, 0.4) is 0 Å². The molecule has 2 atom stereocenters. The third-order valence-electron chi connectivity index (χ3n) is 9.88. The molecule has 0 amide bonds. The maximum absolute atomic E-state index is 13.0. The lowest BCUT2D eigenvalue weighted by Crippen LogP contribution is -2.27. The van der Waals surface area contributed by atoms with Crippen molar-refractivity contribution in [1.82, 2.24) is 0 Å². The molecule has 0 radical (unpaired) electrons. The summed E-state index contributed by atoms with van der Waals surface area (Å²) in [4.78, 5) is 0. The summed E-state index contributed by atoms with van der Waals surface area (Å²) < 4.78 is 106. The molecule has 0 saturated heterocycles. The van der Waals surface area contributed by atoms with E-state index in [4.69, 9.17) is 14.2 Å². The Kier molecular flexibility index (Phi) is 12.9. The summed E-state index contributed by atoms with van der Waals surface area (Å²) in [6.07, 6.45) is -10.1. The highest BCUT2D eigenvalue weighted by atomic mass is 19.4. The van der Waals surface area contributed by atoms with Gasteiger partial charge in [-0.15, -0.1) is 26.3 Å². The van der Waals surface area contributed by atoms with Gasteiger partial charge in [0.05, 0.1) is 12.2 Å². The topological polar surface area (TPSA) is 46.2 Å². The Morgan fingerprint density at radius 3 is 1.07 bits per heavy atom. The molecule has 6 aromatic carbocycles. The molecule has 6 rings (SSSR count). The zero-order valence-electron chi connectivity index (χ0n) is 32.9. The Balaban J connectivity index is 1.39. The summed E-state index contributed by atoms with van der Waals surface area (Å²) in [7, 11) is 0. The van der Waals surface area contributed by atoms with E-state index in [1.54, 1.807) is 24.3 Å². The van der Waals surface area contributed by atoms with Gasteiger partial charge in [-0.2, -0.15) is 0 Å². The van der Waals surface area contributed by atoms with Gasteiger partial charge in [0.2, 0.25) is 0 Å². The Hall–Kier alpha value is -5.94. The van der Waals surface area contributed by atoms with Crippen LogP contribution in [0.25, 0.3) is 0 Å². The molecule has 0 aliphatic heterocycles. The van der Waals surface area contributed by atoms with Crippen LogP contribution < -0.4 is 18.9 Å². The molecule has 11 heteroatoms. The molecule has 59 heavy (non-hydrogen) atoms. The molecule has 0 heterocycles. The first-order valence-corrected chi connectivity index (χ1v) is 18.9. The van der Waals surface area contributed by atoms with Crippen molar-refractivity contribution >= 4 is 0 Å². The van der Waals surface area contributed by atoms with Gasteiger partial charge < -0.3 is 23.7 Å². The fourth-order valence-electron chi connectivity index (χ4n) is 6.87. The lowest BCUT2D eigenvalue weighted by molar-refractivity contribution is -0.275. The van der Waals surface area contributed by atoms with Gasteiger partial charge in [-0.05, 0) is 119 Å². The lowest BCUT2D eigenvalue weighted by Gasteiger charge is -2.36. The number of hydrogen-bond acceptors (Lipinski definition) is 5. The molecule has 0 aliphatic carbocycles. The van der Waals surface area contributed by atoms with Crippen LogP contribution in [0.4, 0.5) is 26.3 Å². The van der Waals surface area contributed by atoms with Crippen LogP contribution in [0, 0.1) is 0 Å². The normalized spacial score (nSPS) is 13.3. The van der Waals surface area contributed by atoms with E-state index in [0.717, 1.165) is 22.3 Å². The zero-order valence-corrected chi connectivity index (χ0v) is 32.9. The first kappa shape index (κ1) is 42.7. The predicted octanol–water partition coefficient (Wildman–Crippen LogP) is 14.6. The Labute approximate surface area is 340 Å². The van der Waals surface area contributed by atoms with E-state index in [1.807, 2.05) is 137 Å². The summed E-state index contributed by atoms with van der Waals surface area (Å²) in [5.41, 5.74) is 1.80. The van der Waals surface area contributed by atoms with Gasteiger partial charge in [0.15, 0.2) is 0 Å². The second kappa shape index (κ2) is 17.9. The van der Waals surface area contributed by atoms with Crippen molar-refractivity contribution in [3.8, 4) is 34.5 Å². The molecule has 5 nitrogen and oxygen atoms in total. The maximum Gasteiger partial charge on any atom is 0.573 e. The van der Waals surface area contributed by atoms with Gasteiger partial charge >= 0.3 is 12.7 Å². The minimum atomic E-state index is -4.83. The largest absolute Gasteiger partial charge is 0.573 e. The first-order chi connectivity index (χ1) is 27.9. The summed E-state index contributed by atoms with van der Waals surface area (Å²) in [5, 5.41) is 0. The van der Waals surface area contributed by atoms with Gasteiger partial charge in [0, 0.05) is 0 Å². The fraction of sp³-hybridized carbons (Fsp3) is 0.250. The maximum atomic E-state index is 13.0. The molecular weight excluding hydrogens is 771 g/mol. The smallest absolute Gasteiger partial charge is 0.457 e. The number of para-hydroxylation sites is 2. The Bertz CT molecular complexity index is 2080. The number of rotatable bonds is 16. The monoisotopic (exact) mass is 814 g/mol. The van der Waals surface area contributed by atoms with Gasteiger partial charge in [-0.3, -0.25) is 0 Å². The van der Waals surface area contributed by atoms with E-state index in [2.05, 4.69) is 9.47 Å². The van der Waals surface area contributed by atoms with Crippen molar-refractivity contribution in [3.63, 3.8) is 0 Å². The summed E-state index contributed by atoms with van der Waals surface area (Å²) in [6.45, 7) is 7.96. The third-order valence-corrected chi connectivity index (χ3v) is 9.88. The summed E-state index contributed by atoms with van der Waals surface area (Å²) >= 11 is 0. The fourth-order valence-corrected chi connectivity index (χ4v) is 6.87. The van der Waals surface area contributed by atoms with E-state index in [-0.39, 0.29) is 11.5 Å². The molecule has 6 aromatic rings. The number of alkyl halides is 6. The van der Waals surface area contributed by atoms with Crippen molar-refractivity contribution in [2.45, 2.75) is 76.3 Å². The quantitative estimate of drug-likeness (QED) is 0.0911. The highest BCUT2D eigenvalue weighted by Crippen LogP contribution is 2.44. The number of hydrogen-bond donors (Lipinski definition) is 0. The van der Waals surface area contributed by atoms with E-state index in [0.29, 0.717) is 35.8 Å². The van der Waals surface area contributed by atoms with Crippen LogP contribution in [-0.2, 0) is 15.6 Å². The lowest BCUT2D eigenvalue weighted by atomic mass is 9.77. The van der Waals surface area contributed by atoms with Crippen LogP contribution in [0.1, 0.15) is 75.0 Å². The van der Waals surface area contributed by atoms with E-state index < -0.39 is 35.8 Å². The van der Waals surface area contributed by atoms with Crippen LogP contribution >= 0.6 is 0 Å². The average Bonchev–Trinajstić information content (AvgIpc) is 3.17. The van der Waals surface area contributed by atoms with Crippen molar-refractivity contribution in [2.75, 3.05) is 0 Å².